The van der Waals surface area contributed by atoms with Crippen molar-refractivity contribution in [3.8, 4) is 11.5 Å². The van der Waals surface area contributed by atoms with Gasteiger partial charge in [0.05, 0.1) is 29.4 Å². The monoisotopic (exact) mass is 602 g/mol. The molecule has 2 aliphatic rings. The molecule has 1 fully saturated rings. The van der Waals surface area contributed by atoms with Gasteiger partial charge in [0.15, 0.2) is 11.5 Å². The van der Waals surface area contributed by atoms with Crippen LogP contribution in [0, 0.1) is 3.57 Å². The zero-order valence-electron chi connectivity index (χ0n) is 19.7. The van der Waals surface area contributed by atoms with Crippen molar-refractivity contribution in [3.05, 3.63) is 32.9 Å². The van der Waals surface area contributed by atoms with Gasteiger partial charge in [0.1, 0.15) is 18.5 Å². The number of hydrogen-bond acceptors (Lipinski definition) is 8. The number of methoxy groups -OCH3 is 1. The van der Waals surface area contributed by atoms with Crippen LogP contribution >= 0.6 is 22.6 Å². The van der Waals surface area contributed by atoms with E-state index < -0.39 is 24.2 Å². The molecule has 1 saturated heterocycles. The first kappa shape index (κ1) is 27.4. The van der Waals surface area contributed by atoms with Crippen LogP contribution in [0.5, 0.6) is 11.5 Å². The fourth-order valence-corrected chi connectivity index (χ4v) is 5.10. The third-order valence-electron chi connectivity index (χ3n) is 6.09. The zero-order valence-corrected chi connectivity index (χ0v) is 21.9. The molecule has 2 amide bonds. The van der Waals surface area contributed by atoms with Crippen molar-refractivity contribution in [1.82, 2.24) is 10.2 Å². The number of benzene rings is 1. The summed E-state index contributed by atoms with van der Waals surface area (Å²) in [5.41, 5.74) is 0.732. The molecule has 35 heavy (non-hydrogen) atoms. The quantitative estimate of drug-likeness (QED) is 0.268. The molecule has 11 heteroatoms. The molecule has 1 aliphatic carbocycles. The van der Waals surface area contributed by atoms with Crippen molar-refractivity contribution in [2.75, 3.05) is 33.4 Å². The number of aliphatic hydroxyl groups excluding tert-OH is 2. The Morgan fingerprint density at radius 1 is 1.37 bits per heavy atom. The van der Waals surface area contributed by atoms with Crippen LogP contribution in [0.25, 0.3) is 0 Å². The minimum absolute atomic E-state index is 0.0696. The number of aldehydes is 1. The minimum atomic E-state index is -1.15. The van der Waals surface area contributed by atoms with Crippen molar-refractivity contribution in [2.45, 2.75) is 50.5 Å². The largest absolute Gasteiger partial charge is 0.493 e. The van der Waals surface area contributed by atoms with E-state index in [0.29, 0.717) is 45.6 Å². The van der Waals surface area contributed by atoms with Crippen molar-refractivity contribution in [2.24, 2.45) is 0 Å². The Morgan fingerprint density at radius 2 is 2.14 bits per heavy atom. The highest BCUT2D eigenvalue weighted by atomic mass is 127. The van der Waals surface area contributed by atoms with E-state index in [9.17, 15) is 19.5 Å². The van der Waals surface area contributed by atoms with Gasteiger partial charge in [-0.2, -0.15) is 0 Å². The Hall–Kier alpha value is -2.22. The molecule has 0 radical (unpaired) electrons. The Bertz CT molecular complexity index is 963. The van der Waals surface area contributed by atoms with Gasteiger partial charge in [0.25, 0.3) is 0 Å². The van der Waals surface area contributed by atoms with Gasteiger partial charge in [-0.25, -0.2) is 0 Å². The second-order valence-corrected chi connectivity index (χ2v) is 9.64. The predicted molar refractivity (Wildman–Crippen MR) is 134 cm³/mol. The van der Waals surface area contributed by atoms with Crippen LogP contribution < -0.4 is 14.8 Å². The highest BCUT2D eigenvalue weighted by Gasteiger charge is 2.41. The van der Waals surface area contributed by atoms with Gasteiger partial charge in [-0.3, -0.25) is 14.4 Å². The van der Waals surface area contributed by atoms with Crippen LogP contribution in [-0.2, 0) is 14.3 Å². The summed E-state index contributed by atoms with van der Waals surface area (Å²) in [6.07, 6.45) is 1.77. The molecular weight excluding hydrogens is 571 g/mol. The van der Waals surface area contributed by atoms with E-state index >= 15 is 0 Å². The maximum absolute atomic E-state index is 12.8. The van der Waals surface area contributed by atoms with Crippen LogP contribution in [-0.4, -0.2) is 91.0 Å². The third-order valence-corrected chi connectivity index (χ3v) is 6.89. The van der Waals surface area contributed by atoms with Gasteiger partial charge in [0, 0.05) is 44.2 Å². The number of aliphatic hydroxyl groups is 2. The highest BCUT2D eigenvalue weighted by molar-refractivity contribution is 14.1. The van der Waals surface area contributed by atoms with Gasteiger partial charge in [-0.1, -0.05) is 0 Å². The van der Waals surface area contributed by atoms with Crippen LogP contribution in [0.4, 0.5) is 0 Å². The summed E-state index contributed by atoms with van der Waals surface area (Å²) in [4.78, 5) is 38.2. The lowest BCUT2D eigenvalue weighted by Gasteiger charge is -2.41. The summed E-state index contributed by atoms with van der Waals surface area (Å²) in [6, 6.07) is 2.41. The highest BCUT2D eigenvalue weighted by Crippen LogP contribution is 2.37. The third kappa shape index (κ3) is 6.72. The van der Waals surface area contributed by atoms with Gasteiger partial charge in [-0.05, 0) is 53.6 Å². The summed E-state index contributed by atoms with van der Waals surface area (Å²) in [7, 11) is 1.44. The van der Waals surface area contributed by atoms with Crippen LogP contribution in [0.1, 0.15) is 36.5 Å². The first-order chi connectivity index (χ1) is 16.8. The maximum atomic E-state index is 12.8. The summed E-state index contributed by atoms with van der Waals surface area (Å²) in [5, 5.41) is 23.1. The van der Waals surface area contributed by atoms with E-state index in [1.54, 1.807) is 11.0 Å². The molecule has 192 valence electrons. The molecule has 0 aromatic heterocycles. The van der Waals surface area contributed by atoms with E-state index in [2.05, 4.69) is 5.32 Å². The first-order valence-electron chi connectivity index (χ1n) is 11.4. The van der Waals surface area contributed by atoms with Crippen LogP contribution in [0.15, 0.2) is 23.8 Å². The first-order valence-corrected chi connectivity index (χ1v) is 12.5. The lowest BCUT2D eigenvalue weighted by atomic mass is 9.88. The second-order valence-electron chi connectivity index (χ2n) is 8.47. The average Bonchev–Trinajstić information content (AvgIpc) is 3.36. The van der Waals surface area contributed by atoms with Gasteiger partial charge in [-0.15, -0.1) is 0 Å². The molecule has 3 N–H and O–H groups in total. The van der Waals surface area contributed by atoms with Crippen molar-refractivity contribution >= 4 is 40.7 Å². The van der Waals surface area contributed by atoms with E-state index in [1.807, 2.05) is 22.6 Å². The number of carbonyl (C=O) groups is 3. The smallest absolute Gasteiger partial charge is 0.247 e. The summed E-state index contributed by atoms with van der Waals surface area (Å²) >= 11 is 2.01. The topological polar surface area (TPSA) is 135 Å². The van der Waals surface area contributed by atoms with Crippen molar-refractivity contribution in [3.63, 3.8) is 0 Å². The van der Waals surface area contributed by atoms with Gasteiger partial charge < -0.3 is 34.6 Å². The number of carbonyl (C=O) groups excluding carboxylic acids is 3. The Labute approximate surface area is 217 Å². The number of amides is 2. The lowest BCUT2D eigenvalue weighted by molar-refractivity contribution is -0.138. The molecule has 1 aliphatic heterocycles. The SMILES string of the molecule is COc1cc(C=O)cc(I)c1O[C@H]1C=C(C(=O)NCCO)C[C@@H](N(C[C@H]2CCCO2)C(C)=O)[C@@H]1O. The maximum Gasteiger partial charge on any atom is 0.247 e. The van der Waals surface area contributed by atoms with E-state index in [-0.39, 0.29) is 31.6 Å². The van der Waals surface area contributed by atoms with Crippen molar-refractivity contribution in [1.29, 1.82) is 0 Å². The molecule has 4 atom stereocenters. The van der Waals surface area contributed by atoms with E-state index in [4.69, 9.17) is 19.3 Å². The number of ether oxygens (including phenoxy) is 3. The molecule has 0 unspecified atom stereocenters. The Kier molecular flexibility index (Phi) is 9.89. The predicted octanol–water partition coefficient (Wildman–Crippen LogP) is 1.06. The molecule has 0 spiro atoms. The second kappa shape index (κ2) is 12.7. The summed E-state index contributed by atoms with van der Waals surface area (Å²) in [6.45, 7) is 2.19. The fraction of sp³-hybridized carbons (Fsp3) is 0.542. The fourth-order valence-electron chi connectivity index (χ4n) is 4.34. The molecule has 1 aromatic carbocycles. The molecule has 0 bridgehead atoms. The molecule has 0 saturated carbocycles. The number of rotatable bonds is 10. The average molecular weight is 602 g/mol. The van der Waals surface area contributed by atoms with Gasteiger partial charge >= 0.3 is 0 Å². The van der Waals surface area contributed by atoms with Crippen LogP contribution in [0.3, 0.4) is 0 Å². The molecule has 1 heterocycles. The summed E-state index contributed by atoms with van der Waals surface area (Å²) < 4.78 is 17.8. The van der Waals surface area contributed by atoms with E-state index in [1.165, 1.54) is 26.2 Å². The lowest BCUT2D eigenvalue weighted by Crippen LogP contribution is -2.56. The molecule has 10 nitrogen and oxygen atoms in total. The van der Waals surface area contributed by atoms with Crippen LogP contribution in [0.2, 0.25) is 0 Å². The molecule has 1 aromatic rings. The summed E-state index contributed by atoms with van der Waals surface area (Å²) in [5.74, 6) is -0.0509. The minimum Gasteiger partial charge on any atom is -0.493 e. The standard InChI is InChI=1S/C24H31IN2O8/c1-14(30)27(12-17-4-3-7-34-17)19-10-16(24(32)26-5-6-28)11-20(22(19)31)35-23-18(25)8-15(13-29)9-21(23)33-2/h8-9,11,13,17,19-20,22,28,31H,3-7,10,12H2,1-2H3,(H,26,32)/t17-,19-,20+,22+/m1/s1. The number of nitrogens with zero attached hydrogens (tertiary/aromatic N) is 1. The Morgan fingerprint density at radius 3 is 2.74 bits per heavy atom. The Balaban J connectivity index is 1.95. The number of nitrogens with one attached hydrogen (secondary N) is 1. The number of hydrogen-bond donors (Lipinski definition) is 3. The molecule has 3 rings (SSSR count). The number of halogens is 1. The molecular formula is C24H31IN2O8. The van der Waals surface area contributed by atoms with E-state index in [0.717, 1.165) is 12.8 Å². The van der Waals surface area contributed by atoms with Gasteiger partial charge in [0.2, 0.25) is 11.8 Å². The zero-order chi connectivity index (χ0) is 25.5. The van der Waals surface area contributed by atoms with Crippen molar-refractivity contribution < 1.29 is 38.8 Å². The normalized spacial score (nSPS) is 23.9.